The predicted molar refractivity (Wildman–Crippen MR) is 66.5 cm³/mol. The molecule has 2 rings (SSSR count). The maximum Gasteiger partial charge on any atom is 0.316 e. The van der Waals surface area contributed by atoms with Crippen molar-refractivity contribution in [3.8, 4) is 6.01 Å². The number of ether oxygens (including phenoxy) is 1. The highest BCUT2D eigenvalue weighted by molar-refractivity contribution is 5.93. The van der Waals surface area contributed by atoms with Crippen LogP contribution in [0.2, 0.25) is 0 Å². The fourth-order valence-electron chi connectivity index (χ4n) is 1.32. The number of methoxy groups -OCH3 is 1. The molecular formula is C12H13N5O2. The molecule has 2 heterocycles. The van der Waals surface area contributed by atoms with Crippen molar-refractivity contribution in [2.45, 2.75) is 13.5 Å². The molecule has 0 fully saturated rings. The van der Waals surface area contributed by atoms with E-state index in [1.165, 1.54) is 19.5 Å². The molecule has 98 valence electrons. The first-order chi connectivity index (χ1) is 9.19. The van der Waals surface area contributed by atoms with Crippen LogP contribution in [0.5, 0.6) is 6.01 Å². The predicted octanol–water partition coefficient (Wildman–Crippen LogP) is 0.514. The zero-order chi connectivity index (χ0) is 13.7. The van der Waals surface area contributed by atoms with Crippen molar-refractivity contribution in [2.24, 2.45) is 0 Å². The van der Waals surface area contributed by atoms with Crippen LogP contribution in [0.1, 0.15) is 21.7 Å². The number of carbonyl (C=O) groups excluding carboxylic acids is 1. The third-order valence-electron chi connectivity index (χ3n) is 2.34. The Bertz CT molecular complexity index is 553. The molecule has 1 amide bonds. The summed E-state index contributed by atoms with van der Waals surface area (Å²) in [6.07, 6.45) is 6.09. The minimum absolute atomic E-state index is 0.223. The molecule has 0 spiro atoms. The molecule has 2 aromatic rings. The number of rotatable bonds is 4. The van der Waals surface area contributed by atoms with Crippen LogP contribution in [0.4, 0.5) is 0 Å². The number of aromatic nitrogens is 4. The van der Waals surface area contributed by atoms with Gasteiger partial charge in [-0.2, -0.15) is 0 Å². The topological polar surface area (TPSA) is 89.9 Å². The average Bonchev–Trinajstić information content (AvgIpc) is 2.46. The molecule has 19 heavy (non-hydrogen) atoms. The van der Waals surface area contributed by atoms with Gasteiger partial charge in [-0.1, -0.05) is 0 Å². The first-order valence-corrected chi connectivity index (χ1v) is 5.61. The number of amides is 1. The number of hydrogen-bond acceptors (Lipinski definition) is 6. The average molecular weight is 259 g/mol. The van der Waals surface area contributed by atoms with E-state index >= 15 is 0 Å². The van der Waals surface area contributed by atoms with Crippen molar-refractivity contribution in [1.82, 2.24) is 25.3 Å². The van der Waals surface area contributed by atoms with Crippen LogP contribution < -0.4 is 10.1 Å². The molecule has 7 nitrogen and oxygen atoms in total. The van der Waals surface area contributed by atoms with Crippen LogP contribution in [-0.4, -0.2) is 33.0 Å². The van der Waals surface area contributed by atoms with Gasteiger partial charge in [0.25, 0.3) is 5.91 Å². The van der Waals surface area contributed by atoms with E-state index in [2.05, 4.69) is 25.3 Å². The molecule has 0 aliphatic heterocycles. The molecule has 0 unspecified atom stereocenters. The van der Waals surface area contributed by atoms with Gasteiger partial charge in [-0.05, 0) is 6.92 Å². The highest BCUT2D eigenvalue weighted by Crippen LogP contribution is 2.02. The first kappa shape index (κ1) is 12.9. The van der Waals surface area contributed by atoms with E-state index in [9.17, 15) is 4.79 Å². The molecule has 0 aromatic carbocycles. The lowest BCUT2D eigenvalue weighted by atomic mass is 10.3. The van der Waals surface area contributed by atoms with Crippen molar-refractivity contribution in [3.63, 3.8) is 0 Å². The van der Waals surface area contributed by atoms with E-state index < -0.39 is 0 Å². The summed E-state index contributed by atoms with van der Waals surface area (Å²) in [7, 11) is 1.46. The summed E-state index contributed by atoms with van der Waals surface area (Å²) < 4.78 is 4.82. The van der Waals surface area contributed by atoms with Gasteiger partial charge in [-0.25, -0.2) is 9.97 Å². The van der Waals surface area contributed by atoms with E-state index in [-0.39, 0.29) is 11.9 Å². The van der Waals surface area contributed by atoms with E-state index in [4.69, 9.17) is 4.74 Å². The third-order valence-corrected chi connectivity index (χ3v) is 2.34. The van der Waals surface area contributed by atoms with Gasteiger partial charge in [0.15, 0.2) is 0 Å². The lowest BCUT2D eigenvalue weighted by Gasteiger charge is -2.04. The Kier molecular flexibility index (Phi) is 3.97. The lowest BCUT2D eigenvalue weighted by molar-refractivity contribution is 0.0949. The normalized spacial score (nSPS) is 10.0. The lowest BCUT2D eigenvalue weighted by Crippen LogP contribution is -2.23. The van der Waals surface area contributed by atoms with E-state index in [0.29, 0.717) is 17.8 Å². The fourth-order valence-corrected chi connectivity index (χ4v) is 1.32. The van der Waals surface area contributed by atoms with E-state index in [1.807, 2.05) is 6.92 Å². The van der Waals surface area contributed by atoms with Crippen molar-refractivity contribution in [2.75, 3.05) is 7.11 Å². The van der Waals surface area contributed by atoms with Gasteiger partial charge in [-0.15, -0.1) is 0 Å². The molecule has 0 aliphatic rings. The van der Waals surface area contributed by atoms with Crippen molar-refractivity contribution in [1.29, 1.82) is 0 Å². The maximum absolute atomic E-state index is 11.8. The summed E-state index contributed by atoms with van der Waals surface area (Å²) in [6, 6.07) is 0.223. The maximum atomic E-state index is 11.8. The fraction of sp³-hybridized carbons (Fsp3) is 0.250. The van der Waals surface area contributed by atoms with Gasteiger partial charge in [0, 0.05) is 18.6 Å². The van der Waals surface area contributed by atoms with E-state index in [1.54, 1.807) is 12.4 Å². The highest BCUT2D eigenvalue weighted by Gasteiger charge is 2.07. The number of hydrogen-bond donors (Lipinski definition) is 1. The minimum atomic E-state index is -0.273. The summed E-state index contributed by atoms with van der Waals surface area (Å²) in [6.45, 7) is 2.15. The number of aryl methyl sites for hydroxylation is 1. The van der Waals surface area contributed by atoms with Crippen molar-refractivity contribution >= 4 is 5.91 Å². The second kappa shape index (κ2) is 5.85. The molecular weight excluding hydrogens is 246 g/mol. The van der Waals surface area contributed by atoms with Crippen molar-refractivity contribution in [3.05, 3.63) is 41.7 Å². The zero-order valence-corrected chi connectivity index (χ0v) is 10.6. The van der Waals surface area contributed by atoms with Gasteiger partial charge >= 0.3 is 6.01 Å². The number of nitrogens with zero attached hydrogens (tertiary/aromatic N) is 4. The van der Waals surface area contributed by atoms with Crippen LogP contribution in [0.15, 0.2) is 24.8 Å². The Morgan fingerprint density at radius 2 is 1.89 bits per heavy atom. The van der Waals surface area contributed by atoms with Crippen LogP contribution >= 0.6 is 0 Å². The molecule has 0 atom stereocenters. The van der Waals surface area contributed by atoms with Gasteiger partial charge in [0.05, 0.1) is 36.8 Å². The summed E-state index contributed by atoms with van der Waals surface area (Å²) in [5, 5.41) is 2.71. The summed E-state index contributed by atoms with van der Waals surface area (Å²) in [4.78, 5) is 27.8. The standard InChI is InChI=1S/C12H13N5O2/c1-8-3-14-10(6-13-8)7-15-11(18)9-4-16-12(19-2)17-5-9/h3-6H,7H2,1-2H3,(H,15,18). The Balaban J connectivity index is 1.95. The Morgan fingerprint density at radius 1 is 1.16 bits per heavy atom. The van der Waals surface area contributed by atoms with Gasteiger partial charge in [0.2, 0.25) is 0 Å². The van der Waals surface area contributed by atoms with E-state index in [0.717, 1.165) is 5.69 Å². The highest BCUT2D eigenvalue weighted by atomic mass is 16.5. The molecule has 7 heteroatoms. The van der Waals surface area contributed by atoms with Crippen molar-refractivity contribution < 1.29 is 9.53 Å². The van der Waals surface area contributed by atoms with Crippen LogP contribution in [0.25, 0.3) is 0 Å². The number of carbonyl (C=O) groups is 1. The minimum Gasteiger partial charge on any atom is -0.467 e. The molecule has 0 radical (unpaired) electrons. The molecule has 0 saturated carbocycles. The smallest absolute Gasteiger partial charge is 0.316 e. The second-order valence-corrected chi connectivity index (χ2v) is 3.79. The molecule has 1 N–H and O–H groups in total. The Morgan fingerprint density at radius 3 is 2.47 bits per heavy atom. The zero-order valence-electron chi connectivity index (χ0n) is 10.6. The molecule has 0 bridgehead atoms. The second-order valence-electron chi connectivity index (χ2n) is 3.79. The monoisotopic (exact) mass is 259 g/mol. The van der Waals surface area contributed by atoms with Crippen LogP contribution in [0.3, 0.4) is 0 Å². The molecule has 0 saturated heterocycles. The summed E-state index contributed by atoms with van der Waals surface area (Å²) >= 11 is 0. The molecule has 2 aromatic heterocycles. The summed E-state index contributed by atoms with van der Waals surface area (Å²) in [5.41, 5.74) is 1.88. The van der Waals surface area contributed by atoms with Crippen LogP contribution in [-0.2, 0) is 6.54 Å². The Labute approximate surface area is 110 Å². The molecule has 0 aliphatic carbocycles. The third kappa shape index (κ3) is 3.44. The van der Waals surface area contributed by atoms with Gasteiger partial charge in [0.1, 0.15) is 0 Å². The first-order valence-electron chi connectivity index (χ1n) is 5.61. The van der Waals surface area contributed by atoms with Crippen LogP contribution in [0, 0.1) is 6.92 Å². The van der Waals surface area contributed by atoms with Gasteiger partial charge in [-0.3, -0.25) is 14.8 Å². The van der Waals surface area contributed by atoms with Gasteiger partial charge < -0.3 is 10.1 Å². The number of nitrogens with one attached hydrogen (secondary N) is 1. The summed E-state index contributed by atoms with van der Waals surface area (Å²) in [5.74, 6) is -0.273. The SMILES string of the molecule is COc1ncc(C(=O)NCc2cnc(C)cn2)cn1. The Hall–Kier alpha value is -2.57. The quantitative estimate of drug-likeness (QED) is 0.860. The largest absolute Gasteiger partial charge is 0.467 e.